The lowest BCUT2D eigenvalue weighted by Crippen LogP contribution is -2.30. The minimum absolute atomic E-state index is 0.576. The van der Waals surface area contributed by atoms with Crippen molar-refractivity contribution in [2.24, 2.45) is 29.2 Å². The van der Waals surface area contributed by atoms with E-state index in [0.717, 1.165) is 24.9 Å². The van der Waals surface area contributed by atoms with E-state index in [0.29, 0.717) is 5.92 Å². The fraction of sp³-hybridized carbons (Fsp3) is 1.00. The lowest BCUT2D eigenvalue weighted by atomic mass is 9.72. The largest absolute Gasteiger partial charge is 0.330 e. The van der Waals surface area contributed by atoms with Crippen LogP contribution in [0.2, 0.25) is 0 Å². The second-order valence-electron chi connectivity index (χ2n) is 4.02. The standard InChI is InChI=1S/C9H20N2/c1-7-2-8(3-7)4-9(5-10)6-11/h7-9H,2-6,10-11H2,1H3. The molecular formula is C9H20N2. The molecule has 0 aromatic rings. The molecule has 1 aliphatic rings. The summed E-state index contributed by atoms with van der Waals surface area (Å²) in [5.41, 5.74) is 11.1. The molecule has 2 heteroatoms. The molecule has 4 N–H and O–H groups in total. The zero-order valence-electron chi connectivity index (χ0n) is 7.42. The van der Waals surface area contributed by atoms with E-state index in [2.05, 4.69) is 6.92 Å². The van der Waals surface area contributed by atoms with E-state index in [9.17, 15) is 0 Å². The van der Waals surface area contributed by atoms with Crippen molar-refractivity contribution in [3.8, 4) is 0 Å². The summed E-state index contributed by atoms with van der Waals surface area (Å²) < 4.78 is 0. The summed E-state index contributed by atoms with van der Waals surface area (Å²) in [4.78, 5) is 0. The van der Waals surface area contributed by atoms with Gasteiger partial charge in [0.2, 0.25) is 0 Å². The Labute approximate surface area is 69.3 Å². The summed E-state index contributed by atoms with van der Waals surface area (Å²) in [6, 6.07) is 0. The molecule has 1 rings (SSSR count). The molecule has 0 aromatic carbocycles. The molecule has 0 saturated heterocycles. The first-order valence-electron chi connectivity index (χ1n) is 4.66. The maximum absolute atomic E-state index is 5.57. The molecule has 11 heavy (non-hydrogen) atoms. The van der Waals surface area contributed by atoms with Gasteiger partial charge in [-0.3, -0.25) is 0 Å². The highest BCUT2D eigenvalue weighted by molar-refractivity contribution is 4.79. The zero-order chi connectivity index (χ0) is 8.27. The smallest absolute Gasteiger partial charge is 0.00367 e. The fourth-order valence-corrected chi connectivity index (χ4v) is 2.02. The van der Waals surface area contributed by atoms with Crippen molar-refractivity contribution in [3.63, 3.8) is 0 Å². The van der Waals surface area contributed by atoms with Gasteiger partial charge in [-0.05, 0) is 50.1 Å². The summed E-state index contributed by atoms with van der Waals surface area (Å²) >= 11 is 0. The summed E-state index contributed by atoms with van der Waals surface area (Å²) in [5, 5.41) is 0. The first-order valence-corrected chi connectivity index (χ1v) is 4.66. The minimum Gasteiger partial charge on any atom is -0.330 e. The molecule has 1 saturated carbocycles. The van der Waals surface area contributed by atoms with Gasteiger partial charge in [0.15, 0.2) is 0 Å². The third-order valence-electron chi connectivity index (χ3n) is 2.80. The van der Waals surface area contributed by atoms with Gasteiger partial charge in [-0.1, -0.05) is 6.92 Å². The van der Waals surface area contributed by atoms with Gasteiger partial charge >= 0.3 is 0 Å². The number of nitrogens with two attached hydrogens (primary N) is 2. The Hall–Kier alpha value is -0.0800. The Morgan fingerprint density at radius 1 is 1.27 bits per heavy atom. The van der Waals surface area contributed by atoms with Crippen LogP contribution in [0.15, 0.2) is 0 Å². The quantitative estimate of drug-likeness (QED) is 0.637. The summed E-state index contributed by atoms with van der Waals surface area (Å²) in [5.74, 6) is 2.46. The molecule has 0 spiro atoms. The first-order chi connectivity index (χ1) is 5.26. The van der Waals surface area contributed by atoms with E-state index >= 15 is 0 Å². The maximum atomic E-state index is 5.57. The minimum atomic E-state index is 0.576. The van der Waals surface area contributed by atoms with Crippen LogP contribution in [0.3, 0.4) is 0 Å². The number of rotatable bonds is 4. The fourth-order valence-electron chi connectivity index (χ4n) is 2.02. The van der Waals surface area contributed by atoms with Crippen LogP contribution in [0, 0.1) is 17.8 Å². The second-order valence-corrected chi connectivity index (χ2v) is 4.02. The Morgan fingerprint density at radius 3 is 2.18 bits per heavy atom. The highest BCUT2D eigenvalue weighted by atomic mass is 14.6. The van der Waals surface area contributed by atoms with Crippen LogP contribution in [0.5, 0.6) is 0 Å². The van der Waals surface area contributed by atoms with E-state index in [1.54, 1.807) is 0 Å². The van der Waals surface area contributed by atoms with Crippen LogP contribution in [0.1, 0.15) is 26.2 Å². The van der Waals surface area contributed by atoms with Crippen molar-refractivity contribution < 1.29 is 0 Å². The Kier molecular flexibility index (Phi) is 3.34. The highest BCUT2D eigenvalue weighted by Crippen LogP contribution is 2.36. The molecule has 0 aromatic heterocycles. The van der Waals surface area contributed by atoms with E-state index in [1.165, 1.54) is 19.3 Å². The van der Waals surface area contributed by atoms with Crippen LogP contribution in [0.25, 0.3) is 0 Å². The Morgan fingerprint density at radius 2 is 1.82 bits per heavy atom. The highest BCUT2D eigenvalue weighted by Gasteiger charge is 2.26. The molecular weight excluding hydrogens is 136 g/mol. The van der Waals surface area contributed by atoms with Crippen LogP contribution in [-0.4, -0.2) is 13.1 Å². The summed E-state index contributed by atoms with van der Waals surface area (Å²) in [7, 11) is 0. The molecule has 0 unspecified atom stereocenters. The molecule has 1 aliphatic carbocycles. The van der Waals surface area contributed by atoms with Gasteiger partial charge in [-0.25, -0.2) is 0 Å². The van der Waals surface area contributed by atoms with Crippen LogP contribution >= 0.6 is 0 Å². The van der Waals surface area contributed by atoms with E-state index in [1.807, 2.05) is 0 Å². The number of hydrogen-bond acceptors (Lipinski definition) is 2. The second kappa shape index (κ2) is 4.07. The van der Waals surface area contributed by atoms with Crippen LogP contribution in [0.4, 0.5) is 0 Å². The monoisotopic (exact) mass is 156 g/mol. The van der Waals surface area contributed by atoms with Crippen molar-refractivity contribution in [3.05, 3.63) is 0 Å². The van der Waals surface area contributed by atoms with Crippen molar-refractivity contribution in [2.45, 2.75) is 26.2 Å². The molecule has 2 nitrogen and oxygen atoms in total. The Balaban J connectivity index is 2.09. The van der Waals surface area contributed by atoms with Gasteiger partial charge < -0.3 is 11.5 Å². The van der Waals surface area contributed by atoms with Gasteiger partial charge in [-0.15, -0.1) is 0 Å². The van der Waals surface area contributed by atoms with Gasteiger partial charge in [-0.2, -0.15) is 0 Å². The molecule has 0 aliphatic heterocycles. The molecule has 66 valence electrons. The van der Waals surface area contributed by atoms with Crippen molar-refractivity contribution in [2.75, 3.05) is 13.1 Å². The van der Waals surface area contributed by atoms with E-state index in [-0.39, 0.29) is 0 Å². The average molecular weight is 156 g/mol. The van der Waals surface area contributed by atoms with E-state index in [4.69, 9.17) is 11.5 Å². The summed E-state index contributed by atoms with van der Waals surface area (Å²) in [6.07, 6.45) is 4.06. The summed E-state index contributed by atoms with van der Waals surface area (Å²) in [6.45, 7) is 3.85. The molecule has 0 atom stereocenters. The lowest BCUT2D eigenvalue weighted by Gasteiger charge is -2.34. The average Bonchev–Trinajstić information content (AvgIpc) is 1.96. The van der Waals surface area contributed by atoms with E-state index < -0.39 is 0 Å². The van der Waals surface area contributed by atoms with Gasteiger partial charge in [0.05, 0.1) is 0 Å². The molecule has 0 amide bonds. The van der Waals surface area contributed by atoms with Gasteiger partial charge in [0, 0.05) is 0 Å². The normalized spacial score (nSPS) is 30.5. The SMILES string of the molecule is CC1CC(CC(CN)CN)C1. The lowest BCUT2D eigenvalue weighted by molar-refractivity contribution is 0.176. The van der Waals surface area contributed by atoms with Crippen LogP contribution < -0.4 is 11.5 Å². The topological polar surface area (TPSA) is 52.0 Å². The molecule has 0 heterocycles. The van der Waals surface area contributed by atoms with Crippen molar-refractivity contribution >= 4 is 0 Å². The van der Waals surface area contributed by atoms with Crippen molar-refractivity contribution in [1.82, 2.24) is 0 Å². The third-order valence-corrected chi connectivity index (χ3v) is 2.80. The number of hydrogen-bond donors (Lipinski definition) is 2. The van der Waals surface area contributed by atoms with Gasteiger partial charge in [0.1, 0.15) is 0 Å². The predicted octanol–water partition coefficient (Wildman–Crippen LogP) is 0.956. The molecule has 1 fully saturated rings. The Bertz CT molecular complexity index is 104. The van der Waals surface area contributed by atoms with Crippen molar-refractivity contribution in [1.29, 1.82) is 0 Å². The molecule has 0 radical (unpaired) electrons. The first kappa shape index (κ1) is 9.01. The zero-order valence-corrected chi connectivity index (χ0v) is 7.42. The third kappa shape index (κ3) is 2.46. The van der Waals surface area contributed by atoms with Gasteiger partial charge in [0.25, 0.3) is 0 Å². The molecule has 0 bridgehead atoms. The maximum Gasteiger partial charge on any atom is -0.00367 e. The van der Waals surface area contributed by atoms with Crippen LogP contribution in [-0.2, 0) is 0 Å². The predicted molar refractivity (Wildman–Crippen MR) is 48.1 cm³/mol.